The fourth-order valence-corrected chi connectivity index (χ4v) is 3.19. The maximum atomic E-state index is 12.2. The van der Waals surface area contributed by atoms with E-state index in [9.17, 15) is 9.59 Å². The number of carboxylic acid groups (broad SMARTS) is 1. The summed E-state index contributed by atoms with van der Waals surface area (Å²) in [5.74, 6) is 0.123. The molecular weight excluding hydrogens is 368 g/mol. The molecule has 0 saturated carbocycles. The topological polar surface area (TPSA) is 78.9 Å². The molecule has 2 N–H and O–H groups in total. The number of benzene rings is 2. The van der Waals surface area contributed by atoms with Crippen molar-refractivity contribution in [2.75, 3.05) is 25.0 Å². The van der Waals surface area contributed by atoms with Gasteiger partial charge in [-0.2, -0.15) is 0 Å². The van der Waals surface area contributed by atoms with Crippen molar-refractivity contribution in [3.8, 4) is 11.5 Å². The summed E-state index contributed by atoms with van der Waals surface area (Å²) in [5, 5.41) is 12.5. The number of rotatable bonds is 6. The number of carboxylic acids is 1. The van der Waals surface area contributed by atoms with E-state index in [1.54, 1.807) is 36.4 Å². The van der Waals surface area contributed by atoms with E-state index >= 15 is 0 Å². The van der Waals surface area contributed by atoms with Crippen LogP contribution in [0.4, 0.5) is 5.69 Å². The molecule has 1 amide bonds. The van der Waals surface area contributed by atoms with E-state index in [1.807, 2.05) is 17.0 Å². The largest absolute Gasteiger partial charge is 0.481 e. The van der Waals surface area contributed by atoms with Crippen molar-refractivity contribution in [3.05, 3.63) is 53.6 Å². The number of anilines is 1. The van der Waals surface area contributed by atoms with Crippen LogP contribution >= 0.6 is 11.6 Å². The van der Waals surface area contributed by atoms with Gasteiger partial charge in [-0.3, -0.25) is 14.5 Å². The van der Waals surface area contributed by atoms with Crippen molar-refractivity contribution < 1.29 is 19.4 Å². The molecule has 2 aromatic rings. The first-order chi connectivity index (χ1) is 13.0. The minimum absolute atomic E-state index is 0.118. The van der Waals surface area contributed by atoms with Gasteiger partial charge in [-0.05, 0) is 68.4 Å². The van der Waals surface area contributed by atoms with Gasteiger partial charge in [0.15, 0.2) is 0 Å². The number of carbonyl (C=O) groups is 2. The summed E-state index contributed by atoms with van der Waals surface area (Å²) in [5.41, 5.74) is 0.680. The van der Waals surface area contributed by atoms with Crippen molar-refractivity contribution in [1.82, 2.24) is 4.90 Å². The maximum Gasteiger partial charge on any atom is 0.306 e. The minimum Gasteiger partial charge on any atom is -0.481 e. The van der Waals surface area contributed by atoms with E-state index in [0.717, 1.165) is 0 Å². The SMILES string of the molecule is O=C(CN1CCC(C(=O)O)CC1)Nc1ccc(Oc2cccc(Cl)c2)cc1. The Bertz CT molecular complexity index is 802. The average Bonchev–Trinajstić information content (AvgIpc) is 2.64. The van der Waals surface area contributed by atoms with Crippen LogP contribution in [0.5, 0.6) is 11.5 Å². The number of hydrogen-bond donors (Lipinski definition) is 2. The van der Waals surface area contributed by atoms with Crippen molar-refractivity contribution in [1.29, 1.82) is 0 Å². The van der Waals surface area contributed by atoms with E-state index in [2.05, 4.69) is 5.32 Å². The molecular formula is C20H21ClN2O4. The predicted molar refractivity (Wildman–Crippen MR) is 103 cm³/mol. The lowest BCUT2D eigenvalue weighted by Gasteiger charge is -2.29. The highest BCUT2D eigenvalue weighted by Gasteiger charge is 2.25. The number of ether oxygens (including phenoxy) is 1. The number of halogens is 1. The molecule has 0 aliphatic carbocycles. The van der Waals surface area contributed by atoms with Crippen molar-refractivity contribution in [3.63, 3.8) is 0 Å². The molecule has 2 aromatic carbocycles. The van der Waals surface area contributed by atoms with E-state index in [0.29, 0.717) is 48.1 Å². The normalized spacial score (nSPS) is 15.3. The van der Waals surface area contributed by atoms with Gasteiger partial charge in [0.2, 0.25) is 5.91 Å². The second-order valence-electron chi connectivity index (χ2n) is 6.52. The molecule has 1 heterocycles. The fraction of sp³-hybridized carbons (Fsp3) is 0.300. The Balaban J connectivity index is 1.48. The predicted octanol–water partition coefficient (Wildman–Crippen LogP) is 3.87. The molecule has 0 aromatic heterocycles. The first-order valence-corrected chi connectivity index (χ1v) is 9.16. The summed E-state index contributed by atoms with van der Waals surface area (Å²) < 4.78 is 5.72. The van der Waals surface area contributed by atoms with Gasteiger partial charge in [-0.25, -0.2) is 0 Å². The molecule has 1 fully saturated rings. The highest BCUT2D eigenvalue weighted by Crippen LogP contribution is 2.25. The van der Waals surface area contributed by atoms with E-state index in [1.165, 1.54) is 0 Å². The minimum atomic E-state index is -0.751. The van der Waals surface area contributed by atoms with Crippen molar-refractivity contribution in [2.45, 2.75) is 12.8 Å². The zero-order valence-electron chi connectivity index (χ0n) is 14.7. The third-order valence-electron chi connectivity index (χ3n) is 4.47. The number of carbonyl (C=O) groups excluding carboxylic acids is 1. The summed E-state index contributed by atoms with van der Waals surface area (Å²) in [4.78, 5) is 25.1. The van der Waals surface area contributed by atoms with Gasteiger partial charge in [0.25, 0.3) is 0 Å². The summed E-state index contributed by atoms with van der Waals surface area (Å²) in [7, 11) is 0. The number of piperidine rings is 1. The van der Waals surface area contributed by atoms with Gasteiger partial charge in [0, 0.05) is 10.7 Å². The third-order valence-corrected chi connectivity index (χ3v) is 4.71. The third kappa shape index (κ3) is 5.70. The number of likely N-dealkylation sites (tertiary alicyclic amines) is 1. The Hall–Kier alpha value is -2.57. The lowest BCUT2D eigenvalue weighted by Crippen LogP contribution is -2.40. The molecule has 0 spiro atoms. The Labute approximate surface area is 162 Å². The van der Waals surface area contributed by atoms with Crippen molar-refractivity contribution in [2.24, 2.45) is 5.92 Å². The summed E-state index contributed by atoms with van der Waals surface area (Å²) in [6.07, 6.45) is 1.16. The lowest BCUT2D eigenvalue weighted by molar-refractivity contribution is -0.143. The summed E-state index contributed by atoms with van der Waals surface area (Å²) >= 11 is 5.94. The van der Waals surface area contributed by atoms with Crippen LogP contribution in [-0.2, 0) is 9.59 Å². The molecule has 0 unspecified atom stereocenters. The van der Waals surface area contributed by atoms with Gasteiger partial charge >= 0.3 is 5.97 Å². The van der Waals surface area contributed by atoms with Crippen LogP contribution < -0.4 is 10.1 Å². The van der Waals surface area contributed by atoms with E-state index in [4.69, 9.17) is 21.4 Å². The number of aliphatic carboxylic acids is 1. The van der Waals surface area contributed by atoms with Gasteiger partial charge in [-0.1, -0.05) is 17.7 Å². The number of amides is 1. The molecule has 0 radical (unpaired) electrons. The van der Waals surface area contributed by atoms with Gasteiger partial charge in [0.05, 0.1) is 12.5 Å². The molecule has 1 aliphatic rings. The van der Waals surface area contributed by atoms with Crippen LogP contribution in [0.25, 0.3) is 0 Å². The first-order valence-electron chi connectivity index (χ1n) is 8.78. The molecule has 7 heteroatoms. The second-order valence-corrected chi connectivity index (χ2v) is 6.96. The number of nitrogens with zero attached hydrogens (tertiary/aromatic N) is 1. The van der Waals surface area contributed by atoms with Gasteiger partial charge in [0.1, 0.15) is 11.5 Å². The quantitative estimate of drug-likeness (QED) is 0.785. The number of hydrogen-bond acceptors (Lipinski definition) is 4. The molecule has 1 saturated heterocycles. The second kappa shape index (κ2) is 8.88. The van der Waals surface area contributed by atoms with Crippen LogP contribution in [0.2, 0.25) is 5.02 Å². The molecule has 27 heavy (non-hydrogen) atoms. The van der Waals surface area contributed by atoms with Crippen LogP contribution in [-0.4, -0.2) is 41.5 Å². The Morgan fingerprint density at radius 1 is 1.11 bits per heavy atom. The van der Waals surface area contributed by atoms with Crippen LogP contribution in [0.15, 0.2) is 48.5 Å². The molecule has 0 bridgehead atoms. The smallest absolute Gasteiger partial charge is 0.306 e. The molecule has 6 nitrogen and oxygen atoms in total. The van der Waals surface area contributed by atoms with E-state index < -0.39 is 5.97 Å². The van der Waals surface area contributed by atoms with Crippen LogP contribution in [0.1, 0.15) is 12.8 Å². The Kier molecular flexibility index (Phi) is 6.32. The summed E-state index contributed by atoms with van der Waals surface area (Å²) in [6, 6.07) is 14.2. The highest BCUT2D eigenvalue weighted by atomic mass is 35.5. The van der Waals surface area contributed by atoms with Gasteiger partial charge in [-0.15, -0.1) is 0 Å². The average molecular weight is 389 g/mol. The van der Waals surface area contributed by atoms with E-state index in [-0.39, 0.29) is 18.4 Å². The molecule has 0 atom stereocenters. The monoisotopic (exact) mass is 388 g/mol. The zero-order valence-corrected chi connectivity index (χ0v) is 15.5. The fourth-order valence-electron chi connectivity index (χ4n) is 3.01. The maximum absolute atomic E-state index is 12.2. The molecule has 3 rings (SSSR count). The summed E-state index contributed by atoms with van der Waals surface area (Å²) in [6.45, 7) is 1.50. The lowest BCUT2D eigenvalue weighted by atomic mass is 9.97. The highest BCUT2D eigenvalue weighted by molar-refractivity contribution is 6.30. The zero-order chi connectivity index (χ0) is 19.2. The Morgan fingerprint density at radius 2 is 1.81 bits per heavy atom. The van der Waals surface area contributed by atoms with Crippen LogP contribution in [0, 0.1) is 5.92 Å². The Morgan fingerprint density at radius 3 is 2.44 bits per heavy atom. The molecule has 142 valence electrons. The molecule has 1 aliphatic heterocycles. The standard InChI is InChI=1S/C20H21ClN2O4/c21-15-2-1-3-18(12-15)27-17-6-4-16(5-7-17)22-19(24)13-23-10-8-14(9-11-23)20(25)26/h1-7,12,14H,8-11,13H2,(H,22,24)(H,25,26). The number of nitrogens with one attached hydrogen (secondary N) is 1. The van der Waals surface area contributed by atoms with Crippen molar-refractivity contribution >= 4 is 29.2 Å². The first kappa shape index (κ1) is 19.2. The van der Waals surface area contributed by atoms with Crippen LogP contribution in [0.3, 0.4) is 0 Å². The van der Waals surface area contributed by atoms with Gasteiger partial charge < -0.3 is 15.2 Å².